The lowest BCUT2D eigenvalue weighted by Gasteiger charge is -2.42. The Labute approximate surface area is 284 Å². The number of nitrogens with one attached hydrogen (secondary N) is 1. The van der Waals surface area contributed by atoms with Gasteiger partial charge in [0.25, 0.3) is 0 Å². The van der Waals surface area contributed by atoms with E-state index >= 15 is 0 Å². The van der Waals surface area contributed by atoms with Crippen molar-refractivity contribution in [3.8, 4) is 0 Å². The van der Waals surface area contributed by atoms with E-state index in [1.54, 1.807) is 0 Å². The van der Waals surface area contributed by atoms with Crippen LogP contribution in [-0.2, 0) is 6.42 Å². The smallest absolute Gasteiger partial charge is 0.136 e. The van der Waals surface area contributed by atoms with Gasteiger partial charge >= 0.3 is 0 Å². The molecule has 0 fully saturated rings. The van der Waals surface area contributed by atoms with Crippen molar-refractivity contribution < 1.29 is 4.42 Å². The van der Waals surface area contributed by atoms with E-state index < -0.39 is 0 Å². The Kier molecular flexibility index (Phi) is 7.55. The van der Waals surface area contributed by atoms with Crippen LogP contribution in [0.3, 0.4) is 0 Å². The minimum absolute atomic E-state index is 0.0899. The van der Waals surface area contributed by atoms with Crippen LogP contribution >= 0.6 is 0 Å². The van der Waals surface area contributed by atoms with Gasteiger partial charge in [0.1, 0.15) is 11.3 Å². The number of nitrogens with two attached hydrogens (primary N) is 1. The summed E-state index contributed by atoms with van der Waals surface area (Å²) in [4.78, 5) is 2.57. The predicted octanol–water partition coefficient (Wildman–Crippen LogP) is 10.6. The van der Waals surface area contributed by atoms with Gasteiger partial charge in [-0.05, 0) is 93.9 Å². The first-order valence-electron chi connectivity index (χ1n) is 17.6. The van der Waals surface area contributed by atoms with E-state index in [9.17, 15) is 0 Å². The van der Waals surface area contributed by atoms with Gasteiger partial charge in [-0.3, -0.25) is 0 Å². The van der Waals surface area contributed by atoms with Gasteiger partial charge in [-0.15, -0.1) is 0 Å². The van der Waals surface area contributed by atoms with Gasteiger partial charge < -0.3 is 20.4 Å². The van der Waals surface area contributed by atoms with Crippen LogP contribution in [-0.4, -0.2) is 5.54 Å². The largest absolute Gasteiger partial charge is 0.456 e. The van der Waals surface area contributed by atoms with Crippen molar-refractivity contribution in [1.29, 1.82) is 0 Å². The highest BCUT2D eigenvalue weighted by atomic mass is 16.3. The molecule has 4 heteroatoms. The third-order valence-corrected chi connectivity index (χ3v) is 11.0. The summed E-state index contributed by atoms with van der Waals surface area (Å²) in [5.74, 6) is 1.71. The number of fused-ring (bicyclic) bond motifs is 5. The number of allylic oxidation sites excluding steroid dienone is 13. The molecule has 0 bridgehead atoms. The van der Waals surface area contributed by atoms with Gasteiger partial charge in [0.15, 0.2) is 0 Å². The molecule has 2 aromatic carbocycles. The maximum Gasteiger partial charge on any atom is 0.136 e. The van der Waals surface area contributed by atoms with E-state index in [-0.39, 0.29) is 17.4 Å². The van der Waals surface area contributed by atoms with Crippen LogP contribution in [0.25, 0.3) is 22.1 Å². The summed E-state index contributed by atoms with van der Waals surface area (Å²) < 4.78 is 6.76. The molecular formula is C44H45N3O. The fourth-order valence-electron chi connectivity index (χ4n) is 8.74. The minimum atomic E-state index is -0.204. The second-order valence-corrected chi connectivity index (χ2v) is 13.9. The van der Waals surface area contributed by atoms with Crippen LogP contribution < -0.4 is 16.0 Å². The quantitative estimate of drug-likeness (QED) is 0.210. The zero-order valence-electron chi connectivity index (χ0n) is 28.5. The summed E-state index contributed by atoms with van der Waals surface area (Å²) >= 11 is 0. The van der Waals surface area contributed by atoms with E-state index in [0.717, 1.165) is 65.2 Å². The molecule has 242 valence electrons. The maximum absolute atomic E-state index is 7.00. The number of furan rings is 1. The van der Waals surface area contributed by atoms with E-state index in [1.165, 1.54) is 33.5 Å². The number of para-hydroxylation sites is 1. The Bertz CT molecular complexity index is 2090. The lowest BCUT2D eigenvalue weighted by Crippen LogP contribution is -2.45. The molecule has 5 aliphatic rings. The second kappa shape index (κ2) is 11.9. The summed E-state index contributed by atoms with van der Waals surface area (Å²) in [5, 5.41) is 5.05. The number of anilines is 2. The number of nitrogen functional groups attached to an aromatic ring is 1. The van der Waals surface area contributed by atoms with E-state index in [4.69, 9.17) is 10.2 Å². The van der Waals surface area contributed by atoms with Crippen molar-refractivity contribution in [2.24, 2.45) is 17.8 Å². The molecule has 0 radical (unpaired) electrons. The molecule has 1 aromatic heterocycles. The van der Waals surface area contributed by atoms with Gasteiger partial charge in [0, 0.05) is 56.7 Å². The zero-order chi connectivity index (χ0) is 33.0. The number of benzene rings is 2. The molecule has 4 nitrogen and oxygen atoms in total. The SMILES string of the molecule is C/C=C\C(=C/C)NC1=C(C2C=C(c3c(N)cccc3N3C4=C(CCC=C4)C4C=CC=C[C@]43C)C=CC2C)c2oc3ccccc3c2CC1. The zero-order valence-corrected chi connectivity index (χ0v) is 28.5. The highest BCUT2D eigenvalue weighted by Crippen LogP contribution is 2.54. The topological polar surface area (TPSA) is 54.4 Å². The maximum atomic E-state index is 7.00. The predicted molar refractivity (Wildman–Crippen MR) is 202 cm³/mol. The first kappa shape index (κ1) is 30.4. The van der Waals surface area contributed by atoms with Crippen LogP contribution in [0.15, 0.2) is 142 Å². The molecule has 3 aromatic rings. The summed E-state index contributed by atoms with van der Waals surface area (Å²) in [5.41, 5.74) is 19.7. The summed E-state index contributed by atoms with van der Waals surface area (Å²) in [6.45, 7) is 8.85. The molecule has 2 heterocycles. The van der Waals surface area contributed by atoms with E-state index in [0.29, 0.717) is 5.92 Å². The average Bonchev–Trinajstić information content (AvgIpc) is 3.60. The highest BCUT2D eigenvalue weighted by molar-refractivity contribution is 5.94. The summed E-state index contributed by atoms with van der Waals surface area (Å²) in [7, 11) is 0. The first-order chi connectivity index (χ1) is 23.4. The number of aryl methyl sites for hydroxylation is 1. The molecule has 0 saturated heterocycles. The normalized spacial score (nSPS) is 26.4. The van der Waals surface area contributed by atoms with Crippen molar-refractivity contribution in [1.82, 2.24) is 5.32 Å². The Balaban J connectivity index is 1.30. The summed E-state index contributed by atoms with van der Waals surface area (Å²) in [6.07, 6.45) is 31.4. The molecule has 0 saturated carbocycles. The standard InChI is InChI=1S/C44H45N3O/c1-5-14-30(6-2)46-37-25-24-32-31-15-8-10-21-40(31)48-43(32)42(37)34-27-29(23-22-28(34)3)41-36(45)18-13-20-39(41)47-38-19-9-7-16-33(38)35-17-11-12-26-44(35,47)4/h5-6,8-15,17-23,26-28,34-35,46H,7,16,24-25,45H2,1-4H3/b14-5-,30-6+/t28?,34?,35?,44-/m1/s1. The molecule has 4 aliphatic carbocycles. The highest BCUT2D eigenvalue weighted by Gasteiger charge is 2.48. The molecule has 0 amide bonds. The van der Waals surface area contributed by atoms with Crippen LogP contribution in [0, 0.1) is 17.8 Å². The summed E-state index contributed by atoms with van der Waals surface area (Å²) in [6, 6.07) is 14.9. The van der Waals surface area contributed by atoms with Crippen LogP contribution in [0.4, 0.5) is 11.4 Å². The lowest BCUT2D eigenvalue weighted by molar-refractivity contribution is 0.487. The van der Waals surface area contributed by atoms with E-state index in [1.807, 2.05) is 0 Å². The Morgan fingerprint density at radius 1 is 1.02 bits per heavy atom. The lowest BCUT2D eigenvalue weighted by atomic mass is 9.75. The molecule has 48 heavy (non-hydrogen) atoms. The number of nitrogens with zero attached hydrogens (tertiary/aromatic N) is 1. The molecule has 3 unspecified atom stereocenters. The van der Waals surface area contributed by atoms with Gasteiger partial charge in [-0.1, -0.05) is 91.9 Å². The van der Waals surface area contributed by atoms with Crippen molar-refractivity contribution in [2.45, 2.75) is 58.9 Å². The second-order valence-electron chi connectivity index (χ2n) is 13.9. The number of hydrogen-bond donors (Lipinski definition) is 2. The van der Waals surface area contributed by atoms with Crippen molar-refractivity contribution in [2.75, 3.05) is 10.6 Å². The van der Waals surface area contributed by atoms with Crippen molar-refractivity contribution in [3.05, 3.63) is 155 Å². The number of hydrogen-bond acceptors (Lipinski definition) is 4. The Morgan fingerprint density at radius 2 is 1.90 bits per heavy atom. The van der Waals surface area contributed by atoms with Gasteiger partial charge in [-0.25, -0.2) is 0 Å². The third-order valence-electron chi connectivity index (χ3n) is 11.0. The van der Waals surface area contributed by atoms with Gasteiger partial charge in [0.2, 0.25) is 0 Å². The average molecular weight is 632 g/mol. The molecule has 3 N–H and O–H groups in total. The number of rotatable bonds is 6. The van der Waals surface area contributed by atoms with Gasteiger partial charge in [0.05, 0.1) is 11.2 Å². The Morgan fingerprint density at radius 3 is 2.75 bits per heavy atom. The van der Waals surface area contributed by atoms with Crippen LogP contribution in [0.1, 0.15) is 63.8 Å². The minimum Gasteiger partial charge on any atom is -0.456 e. The fourth-order valence-corrected chi connectivity index (χ4v) is 8.74. The van der Waals surface area contributed by atoms with Gasteiger partial charge in [-0.2, -0.15) is 0 Å². The van der Waals surface area contributed by atoms with Crippen molar-refractivity contribution >= 4 is 33.5 Å². The third kappa shape index (κ3) is 4.72. The van der Waals surface area contributed by atoms with Crippen LogP contribution in [0.2, 0.25) is 0 Å². The van der Waals surface area contributed by atoms with E-state index in [2.05, 4.69) is 153 Å². The monoisotopic (exact) mass is 631 g/mol. The molecule has 1 aliphatic heterocycles. The Hall–Kier alpha value is -4.96. The van der Waals surface area contributed by atoms with Crippen molar-refractivity contribution in [3.63, 3.8) is 0 Å². The molecule has 0 spiro atoms. The first-order valence-corrected chi connectivity index (χ1v) is 17.6. The molecular weight excluding hydrogens is 587 g/mol. The van der Waals surface area contributed by atoms with Crippen LogP contribution in [0.5, 0.6) is 0 Å². The fraction of sp³-hybridized carbons (Fsp3) is 0.273. The molecule has 8 rings (SSSR count). The molecule has 4 atom stereocenters.